The minimum absolute atomic E-state index is 0.0213. The van der Waals surface area contributed by atoms with Gasteiger partial charge in [-0.3, -0.25) is 4.79 Å². The molecule has 2 atom stereocenters. The number of hydrogen-bond donors (Lipinski definition) is 0. The highest BCUT2D eigenvalue weighted by Crippen LogP contribution is 2.46. The van der Waals surface area contributed by atoms with Crippen molar-refractivity contribution in [3.05, 3.63) is 54.1 Å². The minimum atomic E-state index is 0.0213. The van der Waals surface area contributed by atoms with Crippen molar-refractivity contribution < 1.29 is 14.3 Å². The van der Waals surface area contributed by atoms with Gasteiger partial charge in [-0.2, -0.15) is 0 Å². The average Bonchev–Trinajstić information content (AvgIpc) is 2.67. The van der Waals surface area contributed by atoms with E-state index >= 15 is 0 Å². The van der Waals surface area contributed by atoms with Gasteiger partial charge < -0.3 is 14.4 Å². The van der Waals surface area contributed by atoms with E-state index in [4.69, 9.17) is 9.47 Å². The number of nitrogens with zero attached hydrogens (tertiary/aromatic N) is 1. The highest BCUT2D eigenvalue weighted by molar-refractivity contribution is 9.09. The number of β-lactam (4-membered cyclic amide) rings is 1. The Morgan fingerprint density at radius 3 is 2.04 bits per heavy atom. The van der Waals surface area contributed by atoms with Crippen LogP contribution in [0.4, 0.5) is 5.69 Å². The molecular weight excluding hydrogens is 382 g/mol. The quantitative estimate of drug-likeness (QED) is 0.501. The summed E-state index contributed by atoms with van der Waals surface area (Å²) in [6, 6.07) is 15.7. The van der Waals surface area contributed by atoms with Crippen LogP contribution in [0.1, 0.15) is 24.4 Å². The number of carbonyl (C=O) groups excluding carboxylic acids is 1. The van der Waals surface area contributed by atoms with Crippen molar-refractivity contribution in [2.75, 3.05) is 24.4 Å². The molecule has 0 unspecified atom stereocenters. The number of alkyl halides is 1. The van der Waals surface area contributed by atoms with E-state index in [0.717, 1.165) is 40.9 Å². The molecule has 0 aromatic heterocycles. The van der Waals surface area contributed by atoms with Crippen molar-refractivity contribution in [3.8, 4) is 11.5 Å². The van der Waals surface area contributed by atoms with E-state index in [1.54, 1.807) is 14.2 Å². The maximum absolute atomic E-state index is 12.8. The van der Waals surface area contributed by atoms with E-state index in [1.165, 1.54) is 0 Å². The third-order valence-electron chi connectivity index (χ3n) is 4.67. The molecule has 1 aliphatic rings. The Bertz CT molecular complexity index is 715. The lowest BCUT2D eigenvalue weighted by Gasteiger charge is -2.47. The van der Waals surface area contributed by atoms with E-state index in [0.29, 0.717) is 0 Å². The van der Waals surface area contributed by atoms with Gasteiger partial charge in [0.2, 0.25) is 5.91 Å². The Labute approximate surface area is 156 Å². The van der Waals surface area contributed by atoms with Crippen LogP contribution in [0, 0.1) is 5.92 Å². The maximum atomic E-state index is 12.8. The van der Waals surface area contributed by atoms with Crippen LogP contribution in [0.25, 0.3) is 0 Å². The number of hydrogen-bond acceptors (Lipinski definition) is 3. The fraction of sp³-hybridized carbons (Fsp3) is 0.350. The summed E-state index contributed by atoms with van der Waals surface area (Å²) in [6.07, 6.45) is 1.87. The normalized spacial score (nSPS) is 19.5. The fourth-order valence-electron chi connectivity index (χ4n) is 3.34. The van der Waals surface area contributed by atoms with Gasteiger partial charge in [0.15, 0.2) is 0 Å². The highest BCUT2D eigenvalue weighted by atomic mass is 79.9. The molecule has 1 amide bonds. The number of ether oxygens (including phenoxy) is 2. The van der Waals surface area contributed by atoms with Crippen LogP contribution in [0.3, 0.4) is 0 Å². The van der Waals surface area contributed by atoms with E-state index < -0.39 is 0 Å². The first-order chi connectivity index (χ1) is 12.2. The Balaban J connectivity index is 1.89. The molecule has 2 aromatic carbocycles. The largest absolute Gasteiger partial charge is 0.497 e. The predicted molar refractivity (Wildman–Crippen MR) is 103 cm³/mol. The number of carbonyl (C=O) groups is 1. The third-order valence-corrected chi connectivity index (χ3v) is 5.23. The molecule has 5 heteroatoms. The Kier molecular flexibility index (Phi) is 5.63. The van der Waals surface area contributed by atoms with E-state index in [1.807, 2.05) is 53.4 Å². The molecule has 0 saturated carbocycles. The molecule has 2 aromatic rings. The number of benzene rings is 2. The summed E-state index contributed by atoms with van der Waals surface area (Å²) in [5.74, 6) is 1.82. The van der Waals surface area contributed by atoms with Gasteiger partial charge >= 0.3 is 0 Å². The molecule has 1 heterocycles. The standard InChI is InChI=1S/C20H22BrNO3/c1-24-16-9-5-14(6-10-16)19-18(4-3-13-21)20(23)22(19)15-7-11-17(25-2)12-8-15/h5-12,18-19H,3-4,13H2,1-2H3/t18-,19-/m1/s1. The first-order valence-electron chi connectivity index (χ1n) is 8.36. The maximum Gasteiger partial charge on any atom is 0.233 e. The van der Waals surface area contributed by atoms with E-state index in [-0.39, 0.29) is 17.9 Å². The first-order valence-corrected chi connectivity index (χ1v) is 9.48. The molecule has 1 aliphatic heterocycles. The van der Waals surface area contributed by atoms with Crippen LogP contribution in [-0.4, -0.2) is 25.5 Å². The van der Waals surface area contributed by atoms with Gasteiger partial charge in [-0.05, 0) is 54.8 Å². The van der Waals surface area contributed by atoms with Crippen LogP contribution in [0.15, 0.2) is 48.5 Å². The van der Waals surface area contributed by atoms with Crippen molar-refractivity contribution in [3.63, 3.8) is 0 Å². The lowest BCUT2D eigenvalue weighted by molar-refractivity contribution is -0.130. The summed E-state index contributed by atoms with van der Waals surface area (Å²) in [5.41, 5.74) is 2.04. The third kappa shape index (κ3) is 3.52. The van der Waals surface area contributed by atoms with Crippen LogP contribution >= 0.6 is 15.9 Å². The number of rotatable bonds is 7. The molecule has 1 fully saturated rings. The summed E-state index contributed by atoms with van der Waals surface area (Å²) in [5, 5.41) is 0.911. The molecule has 0 radical (unpaired) electrons. The van der Waals surface area contributed by atoms with Gasteiger partial charge in [0.05, 0.1) is 26.2 Å². The van der Waals surface area contributed by atoms with Gasteiger partial charge in [-0.25, -0.2) is 0 Å². The number of anilines is 1. The number of amides is 1. The molecule has 4 nitrogen and oxygen atoms in total. The topological polar surface area (TPSA) is 38.8 Å². The lowest BCUT2D eigenvalue weighted by Crippen LogP contribution is -2.55. The van der Waals surface area contributed by atoms with Gasteiger partial charge in [0.1, 0.15) is 11.5 Å². The van der Waals surface area contributed by atoms with Crippen molar-refractivity contribution in [1.82, 2.24) is 0 Å². The Morgan fingerprint density at radius 1 is 0.960 bits per heavy atom. The first kappa shape index (κ1) is 17.8. The van der Waals surface area contributed by atoms with Crippen molar-refractivity contribution in [2.45, 2.75) is 18.9 Å². The molecule has 25 heavy (non-hydrogen) atoms. The molecule has 1 saturated heterocycles. The predicted octanol–water partition coefficient (Wildman–Crippen LogP) is 4.58. The second-order valence-corrected chi connectivity index (χ2v) is 6.85. The molecule has 0 bridgehead atoms. The summed E-state index contributed by atoms with van der Waals surface area (Å²) in [4.78, 5) is 14.7. The molecule has 0 spiro atoms. The minimum Gasteiger partial charge on any atom is -0.497 e. The van der Waals surface area contributed by atoms with Crippen molar-refractivity contribution in [1.29, 1.82) is 0 Å². The summed E-state index contributed by atoms with van der Waals surface area (Å²) >= 11 is 3.47. The van der Waals surface area contributed by atoms with Crippen molar-refractivity contribution >= 4 is 27.5 Å². The zero-order valence-corrected chi connectivity index (χ0v) is 16.0. The summed E-state index contributed by atoms with van der Waals surface area (Å²) in [7, 11) is 3.30. The lowest BCUT2D eigenvalue weighted by atomic mass is 9.79. The Morgan fingerprint density at radius 2 is 1.52 bits per heavy atom. The van der Waals surface area contributed by atoms with Gasteiger partial charge in [0, 0.05) is 11.0 Å². The number of halogens is 1. The van der Waals surface area contributed by atoms with Crippen LogP contribution in [0.2, 0.25) is 0 Å². The summed E-state index contributed by atoms with van der Waals surface area (Å²) in [6.45, 7) is 0. The number of methoxy groups -OCH3 is 2. The zero-order valence-electron chi connectivity index (χ0n) is 14.4. The summed E-state index contributed by atoms with van der Waals surface area (Å²) < 4.78 is 10.5. The molecule has 0 N–H and O–H groups in total. The second-order valence-electron chi connectivity index (χ2n) is 6.06. The molecule has 0 aliphatic carbocycles. The Hall–Kier alpha value is -2.01. The average molecular weight is 404 g/mol. The fourth-order valence-corrected chi connectivity index (χ4v) is 3.66. The molecule has 3 rings (SSSR count). The second kappa shape index (κ2) is 7.91. The smallest absolute Gasteiger partial charge is 0.233 e. The van der Waals surface area contributed by atoms with Crippen molar-refractivity contribution in [2.24, 2.45) is 5.92 Å². The SMILES string of the molecule is COc1ccc([C@@H]2[C@@H](CCCBr)C(=O)N2c2ccc(OC)cc2)cc1. The molecular formula is C20H22BrNO3. The van der Waals surface area contributed by atoms with Gasteiger partial charge in [-0.1, -0.05) is 28.1 Å². The highest BCUT2D eigenvalue weighted by Gasteiger charge is 2.48. The molecule has 132 valence electrons. The van der Waals surface area contributed by atoms with Crippen LogP contribution in [0.5, 0.6) is 11.5 Å². The van der Waals surface area contributed by atoms with Crippen LogP contribution < -0.4 is 14.4 Å². The zero-order chi connectivity index (χ0) is 17.8. The van der Waals surface area contributed by atoms with E-state index in [9.17, 15) is 4.79 Å². The van der Waals surface area contributed by atoms with Crippen LogP contribution in [-0.2, 0) is 4.79 Å². The monoisotopic (exact) mass is 403 g/mol. The van der Waals surface area contributed by atoms with Gasteiger partial charge in [-0.15, -0.1) is 0 Å². The van der Waals surface area contributed by atoms with Gasteiger partial charge in [0.25, 0.3) is 0 Å². The van der Waals surface area contributed by atoms with E-state index in [2.05, 4.69) is 15.9 Å².